The first-order valence-corrected chi connectivity index (χ1v) is 6.53. The predicted molar refractivity (Wildman–Crippen MR) is 68.4 cm³/mol. The van der Waals surface area contributed by atoms with E-state index in [-0.39, 0.29) is 0 Å². The molecular weight excluding hydrogens is 249 g/mol. The van der Waals surface area contributed by atoms with Gasteiger partial charge in [-0.1, -0.05) is 13.3 Å². The van der Waals surface area contributed by atoms with E-state index in [1.54, 1.807) is 0 Å². The van der Waals surface area contributed by atoms with Crippen LogP contribution in [0.25, 0.3) is 0 Å². The van der Waals surface area contributed by atoms with E-state index in [0.717, 1.165) is 18.8 Å². The van der Waals surface area contributed by atoms with E-state index >= 15 is 0 Å². The van der Waals surface area contributed by atoms with Crippen LogP contribution in [0.15, 0.2) is 12.4 Å². The van der Waals surface area contributed by atoms with Crippen molar-refractivity contribution in [2.45, 2.75) is 32.6 Å². The minimum absolute atomic E-state index is 0.466. The first kappa shape index (κ1) is 13.7. The summed E-state index contributed by atoms with van der Waals surface area (Å²) >= 11 is 0. The van der Waals surface area contributed by atoms with E-state index in [1.807, 2.05) is 11.8 Å². The average molecular weight is 267 g/mol. The van der Waals surface area contributed by atoms with Gasteiger partial charge in [-0.3, -0.25) is 4.79 Å². The highest BCUT2D eigenvalue weighted by Crippen LogP contribution is 2.37. The summed E-state index contributed by atoms with van der Waals surface area (Å²) in [4.78, 5) is 21.2. The molecule has 1 N–H and O–H groups in total. The third-order valence-electron chi connectivity index (χ3n) is 3.79. The number of nitrogens with zero attached hydrogens (tertiary/aromatic N) is 3. The van der Waals surface area contributed by atoms with Crippen molar-refractivity contribution in [2.24, 2.45) is 5.41 Å². The van der Waals surface area contributed by atoms with Gasteiger partial charge in [-0.25, -0.2) is 14.4 Å². The van der Waals surface area contributed by atoms with Crippen LogP contribution in [0.4, 0.5) is 10.3 Å². The highest BCUT2D eigenvalue weighted by molar-refractivity contribution is 5.75. The maximum absolute atomic E-state index is 12.8. The Morgan fingerprint density at radius 3 is 2.47 bits per heavy atom. The van der Waals surface area contributed by atoms with Gasteiger partial charge in [-0.05, 0) is 19.3 Å². The van der Waals surface area contributed by atoms with Crippen LogP contribution in [0.2, 0.25) is 0 Å². The monoisotopic (exact) mass is 267 g/mol. The number of aromatic nitrogens is 2. The Labute approximate surface area is 111 Å². The molecule has 0 saturated carbocycles. The molecule has 5 nitrogen and oxygen atoms in total. The molecule has 104 valence electrons. The molecule has 0 bridgehead atoms. The largest absolute Gasteiger partial charge is 0.481 e. The predicted octanol–water partition coefficient (Wildman–Crippen LogP) is 2.09. The quantitative estimate of drug-likeness (QED) is 0.904. The Balaban J connectivity index is 2.05. The standard InChI is InChI=1S/C13H18FN3O2/c1-2-3-13(11(18)19)4-6-17(7-5-13)12-15-8-10(14)9-16-12/h8-9H,2-7H2,1H3,(H,18,19). The van der Waals surface area contributed by atoms with Crippen molar-refractivity contribution in [1.82, 2.24) is 9.97 Å². The molecule has 1 aromatic heterocycles. The Morgan fingerprint density at radius 2 is 2.00 bits per heavy atom. The molecule has 0 spiro atoms. The number of aliphatic carboxylic acids is 1. The normalized spacial score (nSPS) is 18.3. The summed E-state index contributed by atoms with van der Waals surface area (Å²) in [6.45, 7) is 3.19. The molecule has 0 radical (unpaired) electrons. The van der Waals surface area contributed by atoms with Gasteiger partial charge in [0.15, 0.2) is 5.82 Å². The fraction of sp³-hybridized carbons (Fsp3) is 0.615. The van der Waals surface area contributed by atoms with Crippen molar-refractivity contribution >= 4 is 11.9 Å². The van der Waals surface area contributed by atoms with Gasteiger partial charge in [-0.15, -0.1) is 0 Å². The van der Waals surface area contributed by atoms with Crippen molar-refractivity contribution in [3.05, 3.63) is 18.2 Å². The fourth-order valence-electron chi connectivity index (χ4n) is 2.65. The van der Waals surface area contributed by atoms with E-state index in [2.05, 4.69) is 9.97 Å². The molecule has 1 aromatic rings. The van der Waals surface area contributed by atoms with Crippen LogP contribution in [0.5, 0.6) is 0 Å². The fourth-order valence-corrected chi connectivity index (χ4v) is 2.65. The van der Waals surface area contributed by atoms with Gasteiger partial charge in [0.05, 0.1) is 17.8 Å². The zero-order chi connectivity index (χ0) is 13.9. The minimum atomic E-state index is -0.714. The number of hydrogen-bond donors (Lipinski definition) is 1. The molecular formula is C13H18FN3O2. The molecule has 0 amide bonds. The second kappa shape index (κ2) is 5.50. The van der Waals surface area contributed by atoms with Crippen LogP contribution in [0, 0.1) is 11.2 Å². The Bertz CT molecular complexity index is 442. The topological polar surface area (TPSA) is 66.3 Å². The highest BCUT2D eigenvalue weighted by atomic mass is 19.1. The third-order valence-corrected chi connectivity index (χ3v) is 3.79. The molecule has 0 aliphatic carbocycles. The lowest BCUT2D eigenvalue weighted by molar-refractivity contribution is -0.150. The number of carbonyl (C=O) groups is 1. The zero-order valence-electron chi connectivity index (χ0n) is 11.0. The molecule has 0 aromatic carbocycles. The van der Waals surface area contributed by atoms with Gasteiger partial charge >= 0.3 is 5.97 Å². The summed E-state index contributed by atoms with van der Waals surface area (Å²) in [6.07, 6.45) is 4.98. The summed E-state index contributed by atoms with van der Waals surface area (Å²) < 4.78 is 12.8. The second-order valence-corrected chi connectivity index (χ2v) is 5.02. The van der Waals surface area contributed by atoms with Crippen molar-refractivity contribution < 1.29 is 14.3 Å². The third kappa shape index (κ3) is 2.83. The van der Waals surface area contributed by atoms with Crippen molar-refractivity contribution in [3.63, 3.8) is 0 Å². The molecule has 1 saturated heterocycles. The van der Waals surface area contributed by atoms with Crippen molar-refractivity contribution in [1.29, 1.82) is 0 Å². The first-order valence-electron chi connectivity index (χ1n) is 6.53. The molecule has 2 rings (SSSR count). The van der Waals surface area contributed by atoms with Gasteiger partial charge in [0, 0.05) is 13.1 Å². The second-order valence-electron chi connectivity index (χ2n) is 5.02. The maximum Gasteiger partial charge on any atom is 0.309 e. The molecule has 19 heavy (non-hydrogen) atoms. The van der Waals surface area contributed by atoms with Crippen molar-refractivity contribution in [2.75, 3.05) is 18.0 Å². The Morgan fingerprint density at radius 1 is 1.42 bits per heavy atom. The average Bonchev–Trinajstić information content (AvgIpc) is 2.41. The highest BCUT2D eigenvalue weighted by Gasteiger charge is 2.40. The summed E-state index contributed by atoms with van der Waals surface area (Å²) in [7, 11) is 0. The minimum Gasteiger partial charge on any atom is -0.481 e. The zero-order valence-corrected chi connectivity index (χ0v) is 11.0. The number of anilines is 1. The van der Waals surface area contributed by atoms with Crippen LogP contribution < -0.4 is 4.90 Å². The van der Waals surface area contributed by atoms with Crippen LogP contribution in [0.1, 0.15) is 32.6 Å². The van der Waals surface area contributed by atoms with Crippen LogP contribution in [-0.2, 0) is 4.79 Å². The molecule has 6 heteroatoms. The SMILES string of the molecule is CCCC1(C(=O)O)CCN(c2ncc(F)cn2)CC1. The van der Waals surface area contributed by atoms with Crippen LogP contribution in [-0.4, -0.2) is 34.1 Å². The maximum atomic E-state index is 12.8. The summed E-state index contributed by atoms with van der Waals surface area (Å²) in [6, 6.07) is 0. The van der Waals surface area contributed by atoms with Gasteiger partial charge in [0.25, 0.3) is 0 Å². The molecule has 1 aliphatic rings. The van der Waals surface area contributed by atoms with Gasteiger partial charge < -0.3 is 10.0 Å². The summed E-state index contributed by atoms with van der Waals surface area (Å²) in [5.74, 6) is -0.711. The van der Waals surface area contributed by atoms with Gasteiger partial charge in [0.1, 0.15) is 0 Å². The number of carboxylic acid groups (broad SMARTS) is 1. The van der Waals surface area contributed by atoms with E-state index in [4.69, 9.17) is 0 Å². The lowest BCUT2D eigenvalue weighted by Gasteiger charge is -2.38. The molecule has 1 aliphatic heterocycles. The van der Waals surface area contributed by atoms with Crippen LogP contribution in [0.3, 0.4) is 0 Å². The molecule has 2 heterocycles. The summed E-state index contributed by atoms with van der Waals surface area (Å²) in [5.41, 5.74) is -0.620. The Kier molecular flexibility index (Phi) is 3.97. The number of rotatable bonds is 4. The van der Waals surface area contributed by atoms with Crippen LogP contribution >= 0.6 is 0 Å². The number of hydrogen-bond acceptors (Lipinski definition) is 4. The van der Waals surface area contributed by atoms with E-state index in [1.165, 1.54) is 0 Å². The van der Waals surface area contributed by atoms with E-state index in [9.17, 15) is 14.3 Å². The Hall–Kier alpha value is -1.72. The lowest BCUT2D eigenvalue weighted by atomic mass is 9.75. The van der Waals surface area contributed by atoms with E-state index < -0.39 is 17.2 Å². The van der Waals surface area contributed by atoms with Gasteiger partial charge in [0.2, 0.25) is 5.95 Å². The van der Waals surface area contributed by atoms with Crippen molar-refractivity contribution in [3.8, 4) is 0 Å². The number of halogens is 1. The number of piperidine rings is 1. The lowest BCUT2D eigenvalue weighted by Crippen LogP contribution is -2.45. The first-order chi connectivity index (χ1) is 9.07. The smallest absolute Gasteiger partial charge is 0.309 e. The molecule has 1 fully saturated rings. The molecule has 0 unspecified atom stereocenters. The van der Waals surface area contributed by atoms with E-state index in [0.29, 0.717) is 38.3 Å². The van der Waals surface area contributed by atoms with Gasteiger partial charge in [-0.2, -0.15) is 0 Å². The molecule has 0 atom stereocenters. The summed E-state index contributed by atoms with van der Waals surface area (Å²) in [5, 5.41) is 9.41. The number of carboxylic acids is 1.